The minimum atomic E-state index is -3.37. The van der Waals surface area contributed by atoms with Crippen LogP contribution in [-0.4, -0.2) is 22.0 Å². The fourth-order valence-electron chi connectivity index (χ4n) is 2.42. The van der Waals surface area contributed by atoms with E-state index >= 15 is 0 Å². The number of hydrogen-bond acceptors (Lipinski definition) is 3. The molecule has 2 unspecified atom stereocenters. The van der Waals surface area contributed by atoms with E-state index in [0.717, 1.165) is 12.1 Å². The van der Waals surface area contributed by atoms with Crippen LogP contribution in [0.25, 0.3) is 0 Å². The van der Waals surface area contributed by atoms with Crippen LogP contribution in [0, 0.1) is 0 Å². The Bertz CT molecular complexity index is 712. The van der Waals surface area contributed by atoms with Crippen molar-refractivity contribution in [1.82, 2.24) is 10.0 Å². The first-order valence-corrected chi connectivity index (χ1v) is 9.24. The molecule has 0 saturated carbocycles. The van der Waals surface area contributed by atoms with Gasteiger partial charge in [-0.25, -0.2) is 13.1 Å². The summed E-state index contributed by atoms with van der Waals surface area (Å²) >= 11 is 0. The fraction of sp³-hybridized carbons (Fsp3) is 0.333. The van der Waals surface area contributed by atoms with Crippen molar-refractivity contribution in [1.29, 1.82) is 0 Å². The van der Waals surface area contributed by atoms with Crippen molar-refractivity contribution in [2.45, 2.75) is 30.7 Å². The highest BCUT2D eigenvalue weighted by molar-refractivity contribution is 7.89. The molecule has 0 heterocycles. The maximum atomic E-state index is 11.7. The summed E-state index contributed by atoms with van der Waals surface area (Å²) in [7, 11) is -1.96. The molecule has 5 heteroatoms. The number of rotatable bonds is 7. The molecule has 2 N–H and O–H groups in total. The molecule has 2 aromatic rings. The minimum Gasteiger partial charge on any atom is -0.310 e. The minimum absolute atomic E-state index is 0.160. The maximum absolute atomic E-state index is 11.7. The monoisotopic (exact) mass is 332 g/mol. The molecule has 23 heavy (non-hydrogen) atoms. The molecule has 0 fully saturated rings. The molecule has 0 aliphatic heterocycles. The van der Waals surface area contributed by atoms with E-state index < -0.39 is 10.0 Å². The molecule has 2 aromatic carbocycles. The highest BCUT2D eigenvalue weighted by Gasteiger charge is 2.13. The van der Waals surface area contributed by atoms with Crippen molar-refractivity contribution in [2.24, 2.45) is 0 Å². The van der Waals surface area contributed by atoms with Gasteiger partial charge in [-0.2, -0.15) is 0 Å². The Morgan fingerprint density at radius 1 is 0.913 bits per heavy atom. The predicted molar refractivity (Wildman–Crippen MR) is 94.0 cm³/mol. The zero-order valence-electron chi connectivity index (χ0n) is 13.8. The Balaban J connectivity index is 1.97. The Morgan fingerprint density at radius 2 is 1.52 bits per heavy atom. The number of nitrogens with one attached hydrogen (secondary N) is 2. The third kappa shape index (κ3) is 4.64. The molecule has 0 bridgehead atoms. The molecule has 0 aliphatic carbocycles. The van der Waals surface area contributed by atoms with Crippen molar-refractivity contribution >= 4 is 10.0 Å². The molecular formula is C18H24N2O2S. The van der Waals surface area contributed by atoms with Crippen LogP contribution in [0.4, 0.5) is 0 Å². The van der Waals surface area contributed by atoms with Gasteiger partial charge in [0, 0.05) is 12.6 Å². The smallest absolute Gasteiger partial charge is 0.240 e. The lowest BCUT2D eigenvalue weighted by Crippen LogP contribution is -2.24. The summed E-state index contributed by atoms with van der Waals surface area (Å²) in [6.07, 6.45) is 0. The molecule has 4 nitrogen and oxygen atoms in total. The van der Waals surface area contributed by atoms with Crippen molar-refractivity contribution < 1.29 is 8.42 Å². The van der Waals surface area contributed by atoms with Gasteiger partial charge in [0.25, 0.3) is 0 Å². The lowest BCUT2D eigenvalue weighted by Gasteiger charge is -2.18. The lowest BCUT2D eigenvalue weighted by molar-refractivity contribution is 0.537. The number of hydrogen-bond donors (Lipinski definition) is 2. The highest BCUT2D eigenvalue weighted by Crippen LogP contribution is 2.18. The first kappa shape index (κ1) is 17.7. The average molecular weight is 332 g/mol. The van der Waals surface area contributed by atoms with Crippen LogP contribution < -0.4 is 10.0 Å². The van der Waals surface area contributed by atoms with Crippen LogP contribution in [0.3, 0.4) is 0 Å². The van der Waals surface area contributed by atoms with Crippen LogP contribution in [0.5, 0.6) is 0 Å². The topological polar surface area (TPSA) is 58.2 Å². The van der Waals surface area contributed by atoms with Gasteiger partial charge in [0.2, 0.25) is 10.0 Å². The van der Waals surface area contributed by atoms with Crippen molar-refractivity contribution in [3.05, 3.63) is 65.7 Å². The fourth-order valence-corrected chi connectivity index (χ4v) is 3.15. The van der Waals surface area contributed by atoms with Crippen LogP contribution in [0.1, 0.15) is 36.9 Å². The van der Waals surface area contributed by atoms with Crippen molar-refractivity contribution in [3.63, 3.8) is 0 Å². The third-order valence-electron chi connectivity index (χ3n) is 4.06. The summed E-state index contributed by atoms with van der Waals surface area (Å²) in [4.78, 5) is 0.286. The van der Waals surface area contributed by atoms with Crippen molar-refractivity contribution in [3.8, 4) is 0 Å². The van der Waals surface area contributed by atoms with Crippen molar-refractivity contribution in [2.75, 3.05) is 13.6 Å². The van der Waals surface area contributed by atoms with E-state index in [-0.39, 0.29) is 10.9 Å². The quantitative estimate of drug-likeness (QED) is 0.819. The Kier molecular flexibility index (Phi) is 5.93. The molecular weight excluding hydrogens is 308 g/mol. The summed E-state index contributed by atoms with van der Waals surface area (Å²) in [6.45, 7) is 5.14. The summed E-state index contributed by atoms with van der Waals surface area (Å²) in [6, 6.07) is 17.5. The van der Waals surface area contributed by atoms with E-state index in [4.69, 9.17) is 0 Å². The van der Waals surface area contributed by atoms with E-state index in [2.05, 4.69) is 48.2 Å². The molecule has 0 saturated heterocycles. The Morgan fingerprint density at radius 3 is 2.09 bits per heavy atom. The van der Waals surface area contributed by atoms with E-state index in [9.17, 15) is 8.42 Å². The van der Waals surface area contributed by atoms with Gasteiger partial charge in [0.1, 0.15) is 0 Å². The molecule has 0 amide bonds. The predicted octanol–water partition coefficient (Wildman–Crippen LogP) is 3.05. The molecule has 0 aliphatic rings. The Hall–Kier alpha value is -1.69. The molecule has 0 spiro atoms. The van der Waals surface area contributed by atoms with E-state index in [1.54, 1.807) is 12.1 Å². The summed E-state index contributed by atoms with van der Waals surface area (Å²) in [5, 5.41) is 3.50. The summed E-state index contributed by atoms with van der Waals surface area (Å²) in [5.74, 6) is 0.419. The van der Waals surface area contributed by atoms with E-state index in [1.807, 2.05) is 18.2 Å². The molecule has 124 valence electrons. The number of sulfonamides is 1. The van der Waals surface area contributed by atoms with Gasteiger partial charge in [0.15, 0.2) is 0 Å². The highest BCUT2D eigenvalue weighted by atomic mass is 32.2. The SMILES string of the molecule is CNS(=O)(=O)c1ccc(C(C)NCC(C)c2ccccc2)cc1. The zero-order chi connectivity index (χ0) is 16.9. The average Bonchev–Trinajstić information content (AvgIpc) is 2.60. The van der Waals surface area contributed by atoms with Gasteiger partial charge < -0.3 is 5.32 Å². The molecule has 2 atom stereocenters. The molecule has 0 aromatic heterocycles. The van der Waals surface area contributed by atoms with Gasteiger partial charge >= 0.3 is 0 Å². The summed E-state index contributed by atoms with van der Waals surface area (Å²) < 4.78 is 25.8. The van der Waals surface area contributed by atoms with Gasteiger partial charge in [0.05, 0.1) is 4.90 Å². The van der Waals surface area contributed by atoms with Crippen LogP contribution >= 0.6 is 0 Å². The first-order chi connectivity index (χ1) is 10.9. The van der Waals surface area contributed by atoms with E-state index in [0.29, 0.717) is 5.92 Å². The first-order valence-electron chi connectivity index (χ1n) is 7.76. The largest absolute Gasteiger partial charge is 0.310 e. The zero-order valence-corrected chi connectivity index (χ0v) is 14.6. The third-order valence-corrected chi connectivity index (χ3v) is 5.49. The molecule has 0 radical (unpaired) electrons. The Labute approximate surface area is 139 Å². The number of benzene rings is 2. The summed E-state index contributed by atoms with van der Waals surface area (Å²) in [5.41, 5.74) is 2.38. The van der Waals surface area contributed by atoms with E-state index in [1.165, 1.54) is 12.6 Å². The van der Waals surface area contributed by atoms with Gasteiger partial charge in [-0.15, -0.1) is 0 Å². The molecule has 2 rings (SSSR count). The standard InChI is InChI=1S/C18H24N2O2S/c1-14(16-7-5-4-6-8-16)13-20-15(2)17-9-11-18(12-10-17)23(21,22)19-3/h4-12,14-15,19-20H,13H2,1-3H3. The second-order valence-electron chi connectivity index (χ2n) is 5.72. The maximum Gasteiger partial charge on any atom is 0.240 e. The van der Waals surface area contributed by atoms with Gasteiger partial charge in [-0.3, -0.25) is 0 Å². The lowest BCUT2D eigenvalue weighted by atomic mass is 10.0. The second-order valence-corrected chi connectivity index (χ2v) is 7.60. The van der Waals surface area contributed by atoms with Crippen LogP contribution in [0.15, 0.2) is 59.5 Å². The van der Waals surface area contributed by atoms with Crippen LogP contribution in [-0.2, 0) is 10.0 Å². The van der Waals surface area contributed by atoms with Gasteiger partial charge in [-0.1, -0.05) is 49.4 Å². The van der Waals surface area contributed by atoms with Crippen LogP contribution in [0.2, 0.25) is 0 Å². The normalized spacial score (nSPS) is 14.4. The second kappa shape index (κ2) is 7.73. The van der Waals surface area contributed by atoms with Gasteiger partial charge in [-0.05, 0) is 43.1 Å².